The zero-order valence-corrected chi connectivity index (χ0v) is 14.0. The Balaban J connectivity index is 1.73. The van der Waals surface area contributed by atoms with Gasteiger partial charge >= 0.3 is 5.97 Å². The van der Waals surface area contributed by atoms with Crippen LogP contribution in [0.5, 0.6) is 5.75 Å². The zero-order chi connectivity index (χ0) is 18.9. The van der Waals surface area contributed by atoms with E-state index in [4.69, 9.17) is 9.84 Å². The van der Waals surface area contributed by atoms with Gasteiger partial charge in [0.2, 0.25) is 5.91 Å². The van der Waals surface area contributed by atoms with E-state index in [1.165, 1.54) is 18.2 Å². The van der Waals surface area contributed by atoms with E-state index in [0.717, 1.165) is 5.56 Å². The van der Waals surface area contributed by atoms with Crippen molar-refractivity contribution in [1.29, 1.82) is 0 Å². The number of aliphatic hydroxyl groups excluding tert-OH is 1. The molecular weight excluding hydrogens is 341 g/mol. The monoisotopic (exact) mass is 361 g/mol. The quantitative estimate of drug-likeness (QED) is 0.635. The highest BCUT2D eigenvalue weighted by molar-refractivity contribution is 5.76. The Hall–Kier alpha value is -2.93. The second-order valence-corrected chi connectivity index (χ2v) is 5.70. The van der Waals surface area contributed by atoms with Crippen molar-refractivity contribution < 1.29 is 28.9 Å². The molecule has 0 heterocycles. The molecule has 0 aliphatic heterocycles. The minimum Gasteiger partial charge on any atom is -0.482 e. The molecule has 0 bridgehead atoms. The predicted octanol–water partition coefficient (Wildman–Crippen LogP) is 2.07. The fourth-order valence-electron chi connectivity index (χ4n) is 2.32. The van der Waals surface area contributed by atoms with Gasteiger partial charge in [-0.1, -0.05) is 24.3 Å². The molecule has 1 atom stereocenters. The number of nitrogens with one attached hydrogen (secondary N) is 1. The number of carboxylic acid groups (broad SMARTS) is 1. The van der Waals surface area contributed by atoms with Crippen LogP contribution in [0.25, 0.3) is 0 Å². The van der Waals surface area contributed by atoms with Crippen molar-refractivity contribution in [2.75, 3.05) is 13.2 Å². The molecule has 2 rings (SSSR count). The van der Waals surface area contributed by atoms with E-state index in [1.54, 1.807) is 30.3 Å². The molecule has 7 heteroatoms. The molecule has 0 saturated heterocycles. The number of carboxylic acids is 1. The van der Waals surface area contributed by atoms with Crippen molar-refractivity contribution in [2.45, 2.75) is 18.9 Å². The lowest BCUT2D eigenvalue weighted by Gasteiger charge is -2.11. The molecule has 2 aromatic rings. The minimum atomic E-state index is -1.06. The van der Waals surface area contributed by atoms with Crippen molar-refractivity contribution in [3.63, 3.8) is 0 Å². The summed E-state index contributed by atoms with van der Waals surface area (Å²) in [4.78, 5) is 22.3. The van der Waals surface area contributed by atoms with Gasteiger partial charge in [-0.3, -0.25) is 4.79 Å². The van der Waals surface area contributed by atoms with E-state index in [0.29, 0.717) is 24.3 Å². The lowest BCUT2D eigenvalue weighted by molar-refractivity contribution is -0.139. The van der Waals surface area contributed by atoms with Crippen molar-refractivity contribution in [1.82, 2.24) is 5.32 Å². The summed E-state index contributed by atoms with van der Waals surface area (Å²) in [5, 5.41) is 21.2. The van der Waals surface area contributed by atoms with Crippen LogP contribution in [0.1, 0.15) is 23.7 Å². The highest BCUT2D eigenvalue weighted by Crippen LogP contribution is 2.17. The summed E-state index contributed by atoms with van der Waals surface area (Å²) < 4.78 is 18.2. The largest absolute Gasteiger partial charge is 0.482 e. The first kappa shape index (κ1) is 19.4. The van der Waals surface area contributed by atoms with E-state index in [9.17, 15) is 19.1 Å². The Bertz CT molecular complexity index is 748. The molecule has 138 valence electrons. The maximum atomic E-state index is 13.1. The summed E-state index contributed by atoms with van der Waals surface area (Å²) in [6, 6.07) is 12.4. The maximum Gasteiger partial charge on any atom is 0.341 e. The number of aliphatic hydroxyl groups is 1. The van der Waals surface area contributed by atoms with Crippen LogP contribution in [0.2, 0.25) is 0 Å². The Morgan fingerprint density at radius 3 is 2.54 bits per heavy atom. The predicted molar refractivity (Wildman–Crippen MR) is 92.3 cm³/mol. The standard InChI is InChI=1S/C19H20FNO5/c20-15-3-1-2-14(10-15)17(22)11-18(23)21-9-8-13-4-6-16(7-5-13)26-12-19(24)25/h1-7,10,17,22H,8-9,11-12H2,(H,21,23)(H,24,25). The van der Waals surface area contributed by atoms with E-state index >= 15 is 0 Å². The van der Waals surface area contributed by atoms with Crippen LogP contribution in [0, 0.1) is 5.82 Å². The molecule has 0 spiro atoms. The molecule has 0 radical (unpaired) electrons. The number of aliphatic carboxylic acids is 1. The summed E-state index contributed by atoms with van der Waals surface area (Å²) in [6.07, 6.45) is -0.636. The number of hydrogen-bond acceptors (Lipinski definition) is 4. The smallest absolute Gasteiger partial charge is 0.341 e. The van der Waals surface area contributed by atoms with Crippen molar-refractivity contribution in [2.24, 2.45) is 0 Å². The highest BCUT2D eigenvalue weighted by atomic mass is 19.1. The number of carbonyl (C=O) groups excluding carboxylic acids is 1. The fourth-order valence-corrected chi connectivity index (χ4v) is 2.32. The van der Waals surface area contributed by atoms with Gasteiger partial charge in [-0.05, 0) is 41.8 Å². The van der Waals surface area contributed by atoms with E-state index in [2.05, 4.69) is 5.32 Å². The third kappa shape index (κ3) is 6.52. The maximum absolute atomic E-state index is 13.1. The van der Waals surface area contributed by atoms with Crippen molar-refractivity contribution >= 4 is 11.9 Å². The molecule has 1 amide bonds. The molecule has 2 aromatic carbocycles. The van der Waals surface area contributed by atoms with Gasteiger partial charge in [0.05, 0.1) is 12.5 Å². The van der Waals surface area contributed by atoms with Gasteiger partial charge in [-0.25, -0.2) is 9.18 Å². The summed E-state index contributed by atoms with van der Waals surface area (Å²) in [7, 11) is 0. The molecule has 0 saturated carbocycles. The first-order valence-electron chi connectivity index (χ1n) is 8.08. The summed E-state index contributed by atoms with van der Waals surface area (Å²) >= 11 is 0. The Morgan fingerprint density at radius 1 is 1.15 bits per heavy atom. The SMILES string of the molecule is O=C(O)COc1ccc(CCNC(=O)CC(O)c2cccc(F)c2)cc1. The van der Waals surface area contributed by atoms with Crippen LogP contribution in [0.15, 0.2) is 48.5 Å². The average molecular weight is 361 g/mol. The van der Waals surface area contributed by atoms with Gasteiger partial charge in [0.25, 0.3) is 0 Å². The first-order valence-corrected chi connectivity index (χ1v) is 8.08. The Kier molecular flexibility index (Phi) is 7.11. The number of rotatable bonds is 9. The molecule has 0 aliphatic carbocycles. The third-order valence-electron chi connectivity index (χ3n) is 3.63. The summed E-state index contributed by atoms with van der Waals surface area (Å²) in [5.74, 6) is -1.38. The lowest BCUT2D eigenvalue weighted by atomic mass is 10.1. The van der Waals surface area contributed by atoms with E-state index < -0.39 is 24.5 Å². The van der Waals surface area contributed by atoms with Crippen LogP contribution >= 0.6 is 0 Å². The van der Waals surface area contributed by atoms with Crippen LogP contribution in [0.4, 0.5) is 4.39 Å². The molecule has 6 nitrogen and oxygen atoms in total. The van der Waals surface area contributed by atoms with Crippen LogP contribution < -0.4 is 10.1 Å². The first-order chi connectivity index (χ1) is 12.4. The molecule has 0 aromatic heterocycles. The topological polar surface area (TPSA) is 95.9 Å². The number of hydrogen-bond donors (Lipinski definition) is 3. The van der Waals surface area contributed by atoms with Gasteiger partial charge in [-0.2, -0.15) is 0 Å². The molecule has 0 fully saturated rings. The normalized spacial score (nSPS) is 11.6. The van der Waals surface area contributed by atoms with Crippen molar-refractivity contribution in [3.05, 3.63) is 65.5 Å². The molecule has 0 aliphatic rings. The van der Waals surface area contributed by atoms with Gasteiger partial charge < -0.3 is 20.3 Å². The molecule has 3 N–H and O–H groups in total. The third-order valence-corrected chi connectivity index (χ3v) is 3.63. The van der Waals surface area contributed by atoms with Crippen molar-refractivity contribution in [3.8, 4) is 5.75 Å². The number of benzene rings is 2. The second-order valence-electron chi connectivity index (χ2n) is 5.70. The number of amides is 1. The fraction of sp³-hybridized carbons (Fsp3) is 0.263. The average Bonchev–Trinajstić information content (AvgIpc) is 2.61. The van der Waals surface area contributed by atoms with Crippen LogP contribution in [-0.2, 0) is 16.0 Å². The van der Waals surface area contributed by atoms with E-state index in [-0.39, 0.29) is 12.3 Å². The zero-order valence-electron chi connectivity index (χ0n) is 14.0. The van der Waals surface area contributed by atoms with Crippen LogP contribution in [-0.4, -0.2) is 35.2 Å². The number of carbonyl (C=O) groups is 2. The Morgan fingerprint density at radius 2 is 1.88 bits per heavy atom. The number of ether oxygens (including phenoxy) is 1. The molecule has 26 heavy (non-hydrogen) atoms. The lowest BCUT2D eigenvalue weighted by Crippen LogP contribution is -2.27. The number of halogens is 1. The minimum absolute atomic E-state index is 0.147. The van der Waals surface area contributed by atoms with Gasteiger partial charge in [0.1, 0.15) is 11.6 Å². The van der Waals surface area contributed by atoms with Crippen LogP contribution in [0.3, 0.4) is 0 Å². The van der Waals surface area contributed by atoms with Gasteiger partial charge in [0, 0.05) is 6.54 Å². The molecule has 1 unspecified atom stereocenters. The molecular formula is C19H20FNO5. The van der Waals surface area contributed by atoms with E-state index in [1.807, 2.05) is 0 Å². The van der Waals surface area contributed by atoms with Gasteiger partial charge in [0.15, 0.2) is 6.61 Å². The highest BCUT2D eigenvalue weighted by Gasteiger charge is 2.13. The second kappa shape index (κ2) is 9.53. The van der Waals surface area contributed by atoms with Gasteiger partial charge in [-0.15, -0.1) is 0 Å². The Labute approximate surface area is 150 Å². The summed E-state index contributed by atoms with van der Waals surface area (Å²) in [5.41, 5.74) is 1.30. The summed E-state index contributed by atoms with van der Waals surface area (Å²) in [6.45, 7) is -0.0208.